The van der Waals surface area contributed by atoms with Gasteiger partial charge in [-0.25, -0.2) is 0 Å². The highest BCUT2D eigenvalue weighted by Gasteiger charge is 2.09. The molecule has 1 N–H and O–H groups in total. The van der Waals surface area contributed by atoms with E-state index in [1.807, 2.05) is 12.1 Å². The molecule has 0 saturated carbocycles. The van der Waals surface area contributed by atoms with Crippen LogP contribution in [0.3, 0.4) is 0 Å². The van der Waals surface area contributed by atoms with Gasteiger partial charge in [0.05, 0.1) is 0 Å². The SMILES string of the molecule is CCc1cc(Br)ccc1Nc1cc(Cl)nc2ncnn12. The maximum absolute atomic E-state index is 6.01. The molecule has 0 bridgehead atoms. The lowest BCUT2D eigenvalue weighted by Gasteiger charge is -2.12. The molecule has 0 radical (unpaired) electrons. The molecule has 0 aliphatic heterocycles. The first-order chi connectivity index (χ1) is 9.67. The molecule has 7 heteroatoms. The average molecular weight is 353 g/mol. The highest BCUT2D eigenvalue weighted by molar-refractivity contribution is 9.10. The Bertz CT molecular complexity index is 771. The third-order valence-corrected chi connectivity index (χ3v) is 3.62. The van der Waals surface area contributed by atoms with Crippen molar-refractivity contribution in [2.45, 2.75) is 13.3 Å². The first-order valence-electron chi connectivity index (χ1n) is 6.09. The van der Waals surface area contributed by atoms with E-state index in [0.717, 1.165) is 22.4 Å². The number of rotatable bonds is 3. The van der Waals surface area contributed by atoms with Crippen LogP contribution in [0, 0.1) is 0 Å². The Balaban J connectivity index is 2.07. The van der Waals surface area contributed by atoms with E-state index in [-0.39, 0.29) is 0 Å². The largest absolute Gasteiger partial charge is 0.340 e. The molecule has 102 valence electrons. The summed E-state index contributed by atoms with van der Waals surface area (Å²) in [5.74, 6) is 1.20. The summed E-state index contributed by atoms with van der Waals surface area (Å²) in [6.45, 7) is 2.11. The smallest absolute Gasteiger partial charge is 0.255 e. The van der Waals surface area contributed by atoms with Crippen molar-refractivity contribution in [1.82, 2.24) is 19.6 Å². The number of halogens is 2. The fourth-order valence-corrected chi connectivity index (χ4v) is 2.57. The molecule has 1 aromatic carbocycles. The van der Waals surface area contributed by atoms with E-state index in [0.29, 0.717) is 10.9 Å². The third kappa shape index (κ3) is 2.48. The van der Waals surface area contributed by atoms with Gasteiger partial charge in [0.1, 0.15) is 17.3 Å². The van der Waals surface area contributed by atoms with Crippen LogP contribution in [-0.4, -0.2) is 19.6 Å². The number of aryl methyl sites for hydroxylation is 1. The second-order valence-corrected chi connectivity index (χ2v) is 5.52. The summed E-state index contributed by atoms with van der Waals surface area (Å²) in [7, 11) is 0. The van der Waals surface area contributed by atoms with E-state index in [4.69, 9.17) is 11.6 Å². The second kappa shape index (κ2) is 5.38. The van der Waals surface area contributed by atoms with Crippen molar-refractivity contribution in [1.29, 1.82) is 0 Å². The number of hydrogen-bond acceptors (Lipinski definition) is 4. The summed E-state index contributed by atoms with van der Waals surface area (Å²) in [5.41, 5.74) is 2.20. The van der Waals surface area contributed by atoms with Crippen molar-refractivity contribution in [2.75, 3.05) is 5.32 Å². The van der Waals surface area contributed by atoms with Gasteiger partial charge < -0.3 is 5.32 Å². The fourth-order valence-electron chi connectivity index (χ4n) is 1.99. The minimum absolute atomic E-state index is 0.378. The molecular weight excluding hydrogens is 342 g/mol. The van der Waals surface area contributed by atoms with E-state index in [2.05, 4.69) is 49.3 Å². The summed E-state index contributed by atoms with van der Waals surface area (Å²) in [4.78, 5) is 8.15. The van der Waals surface area contributed by atoms with Gasteiger partial charge in [-0.3, -0.25) is 0 Å². The van der Waals surface area contributed by atoms with E-state index >= 15 is 0 Å². The van der Waals surface area contributed by atoms with Gasteiger partial charge in [0, 0.05) is 16.2 Å². The van der Waals surface area contributed by atoms with Crippen LogP contribution in [0.1, 0.15) is 12.5 Å². The van der Waals surface area contributed by atoms with E-state index in [1.54, 1.807) is 10.6 Å². The first kappa shape index (κ1) is 13.3. The van der Waals surface area contributed by atoms with Crippen LogP contribution in [0.2, 0.25) is 5.15 Å². The molecule has 3 rings (SSSR count). The van der Waals surface area contributed by atoms with Gasteiger partial charge in [0.2, 0.25) is 0 Å². The molecule has 0 aliphatic carbocycles. The highest BCUT2D eigenvalue weighted by Crippen LogP contribution is 2.26. The minimum atomic E-state index is 0.378. The molecule has 0 atom stereocenters. The van der Waals surface area contributed by atoms with Gasteiger partial charge in [-0.15, -0.1) is 0 Å². The van der Waals surface area contributed by atoms with Crippen molar-refractivity contribution in [2.24, 2.45) is 0 Å². The molecule has 0 spiro atoms. The van der Waals surface area contributed by atoms with Crippen molar-refractivity contribution in [3.63, 3.8) is 0 Å². The molecular formula is C13H11BrClN5. The Morgan fingerprint density at radius 2 is 2.20 bits per heavy atom. The second-order valence-electron chi connectivity index (χ2n) is 4.22. The Hall–Kier alpha value is -1.66. The molecule has 2 aromatic heterocycles. The predicted molar refractivity (Wildman–Crippen MR) is 82.6 cm³/mol. The summed E-state index contributed by atoms with van der Waals surface area (Å²) in [6, 6.07) is 7.82. The summed E-state index contributed by atoms with van der Waals surface area (Å²) >= 11 is 9.49. The van der Waals surface area contributed by atoms with Crippen LogP contribution in [0.25, 0.3) is 5.78 Å². The van der Waals surface area contributed by atoms with Gasteiger partial charge in [0.25, 0.3) is 5.78 Å². The predicted octanol–water partition coefficient (Wildman–Crippen LogP) is 3.85. The molecule has 0 saturated heterocycles. The van der Waals surface area contributed by atoms with Crippen molar-refractivity contribution < 1.29 is 0 Å². The Kier molecular flexibility index (Phi) is 3.58. The summed E-state index contributed by atoms with van der Waals surface area (Å²) < 4.78 is 2.67. The lowest BCUT2D eigenvalue weighted by molar-refractivity contribution is 0.946. The van der Waals surface area contributed by atoms with Crippen LogP contribution in [0.4, 0.5) is 11.5 Å². The summed E-state index contributed by atoms with van der Waals surface area (Å²) in [6.07, 6.45) is 2.37. The molecule has 3 aromatic rings. The number of fused-ring (bicyclic) bond motifs is 1. The monoisotopic (exact) mass is 351 g/mol. The summed E-state index contributed by atoms with van der Waals surface area (Å²) in [5, 5.41) is 7.86. The van der Waals surface area contributed by atoms with E-state index < -0.39 is 0 Å². The molecule has 2 heterocycles. The topological polar surface area (TPSA) is 55.1 Å². The molecule has 0 unspecified atom stereocenters. The fraction of sp³-hybridized carbons (Fsp3) is 0.154. The molecule has 5 nitrogen and oxygen atoms in total. The van der Waals surface area contributed by atoms with Crippen molar-refractivity contribution in [3.8, 4) is 0 Å². The van der Waals surface area contributed by atoms with Crippen molar-refractivity contribution in [3.05, 3.63) is 45.8 Å². The quantitative estimate of drug-likeness (QED) is 0.728. The number of benzene rings is 1. The van der Waals surface area contributed by atoms with Crippen LogP contribution in [-0.2, 0) is 6.42 Å². The minimum Gasteiger partial charge on any atom is -0.340 e. The molecule has 0 aliphatic rings. The molecule has 0 amide bonds. The van der Waals surface area contributed by atoms with Crippen LogP contribution in [0.5, 0.6) is 0 Å². The Labute approximate surface area is 129 Å². The van der Waals surface area contributed by atoms with Gasteiger partial charge in [-0.05, 0) is 30.2 Å². The van der Waals surface area contributed by atoms with Crippen LogP contribution in [0.15, 0.2) is 35.1 Å². The number of anilines is 2. The number of hydrogen-bond donors (Lipinski definition) is 1. The maximum Gasteiger partial charge on any atom is 0.255 e. The lowest BCUT2D eigenvalue weighted by Crippen LogP contribution is -2.03. The molecule has 0 fully saturated rings. The van der Waals surface area contributed by atoms with E-state index in [1.165, 1.54) is 11.9 Å². The zero-order valence-corrected chi connectivity index (χ0v) is 13.0. The Morgan fingerprint density at radius 3 is 3.00 bits per heavy atom. The zero-order valence-electron chi connectivity index (χ0n) is 10.6. The van der Waals surface area contributed by atoms with Gasteiger partial charge in [-0.1, -0.05) is 34.5 Å². The zero-order chi connectivity index (χ0) is 14.1. The highest BCUT2D eigenvalue weighted by atomic mass is 79.9. The standard InChI is InChI=1S/C13H11BrClN5/c1-2-8-5-9(14)3-4-10(8)18-12-6-11(15)19-13-16-7-17-20(12)13/h3-7,18H,2H2,1H3. The van der Waals surface area contributed by atoms with Gasteiger partial charge in [0.15, 0.2) is 0 Å². The number of aromatic nitrogens is 4. The van der Waals surface area contributed by atoms with Crippen LogP contribution >= 0.6 is 27.5 Å². The number of nitrogens with zero attached hydrogens (tertiary/aromatic N) is 4. The Morgan fingerprint density at radius 1 is 1.35 bits per heavy atom. The first-order valence-corrected chi connectivity index (χ1v) is 7.26. The number of nitrogens with one attached hydrogen (secondary N) is 1. The van der Waals surface area contributed by atoms with Gasteiger partial charge in [-0.2, -0.15) is 19.6 Å². The van der Waals surface area contributed by atoms with Gasteiger partial charge >= 0.3 is 0 Å². The normalized spacial score (nSPS) is 10.9. The maximum atomic E-state index is 6.01. The lowest BCUT2D eigenvalue weighted by atomic mass is 10.1. The van der Waals surface area contributed by atoms with Crippen molar-refractivity contribution >= 4 is 44.8 Å². The average Bonchev–Trinajstić information content (AvgIpc) is 2.88. The molecule has 20 heavy (non-hydrogen) atoms. The third-order valence-electron chi connectivity index (χ3n) is 2.93. The van der Waals surface area contributed by atoms with Crippen LogP contribution < -0.4 is 5.32 Å². The van der Waals surface area contributed by atoms with E-state index in [9.17, 15) is 0 Å².